The van der Waals surface area contributed by atoms with Crippen molar-refractivity contribution < 1.29 is 28.0 Å². The van der Waals surface area contributed by atoms with Gasteiger partial charge in [-0.2, -0.15) is 8.42 Å². The first-order valence-electron chi connectivity index (χ1n) is 9.04. The Hall–Kier alpha value is -3.65. The molecule has 16 heteroatoms. The van der Waals surface area contributed by atoms with Gasteiger partial charge in [-0.1, -0.05) is 23.1 Å². The standard InChI is InChI=1S/C18H14N6O7S3/c1-9-12(19-2)14(25)24(11-5-3-10(4-6-11)16(27)28)15(26)13(9)20-21-17-22-23-18(33-17)32-7-8-34(29,30)31/h3-6,25H,7-8H2,1H3,(H,27,28)(H,29,30,31). The summed E-state index contributed by atoms with van der Waals surface area (Å²) in [5.74, 6) is -2.22. The van der Waals surface area contributed by atoms with Crippen LogP contribution in [0.15, 0.2) is 43.6 Å². The number of hydrogen-bond acceptors (Lipinski definition) is 11. The summed E-state index contributed by atoms with van der Waals surface area (Å²) in [6.07, 6.45) is 0. The fourth-order valence-corrected chi connectivity index (χ4v) is 5.18. The average Bonchev–Trinajstić information content (AvgIpc) is 3.21. The summed E-state index contributed by atoms with van der Waals surface area (Å²) in [5.41, 5.74) is -1.14. The molecule has 13 nitrogen and oxygen atoms in total. The number of thioether (sulfide) groups is 1. The van der Waals surface area contributed by atoms with Crippen LogP contribution in [0.1, 0.15) is 15.9 Å². The fourth-order valence-electron chi connectivity index (χ4n) is 2.62. The van der Waals surface area contributed by atoms with Gasteiger partial charge in [-0.3, -0.25) is 13.9 Å². The van der Waals surface area contributed by atoms with Crippen LogP contribution in [-0.2, 0) is 10.1 Å². The van der Waals surface area contributed by atoms with Gasteiger partial charge in [0, 0.05) is 5.75 Å². The Balaban J connectivity index is 1.97. The molecular formula is C18H14N6O7S3. The van der Waals surface area contributed by atoms with E-state index in [4.69, 9.17) is 16.2 Å². The molecule has 3 rings (SSSR count). The molecule has 0 saturated heterocycles. The van der Waals surface area contributed by atoms with Gasteiger partial charge < -0.3 is 10.2 Å². The number of carboxylic acid groups (broad SMARTS) is 1. The summed E-state index contributed by atoms with van der Waals surface area (Å²) in [7, 11) is -4.10. The molecule has 3 N–H and O–H groups in total. The van der Waals surface area contributed by atoms with Gasteiger partial charge in [-0.25, -0.2) is 9.64 Å². The number of rotatable bonds is 8. The molecule has 0 fully saturated rings. The summed E-state index contributed by atoms with van der Waals surface area (Å²) in [6.45, 7) is 8.78. The summed E-state index contributed by atoms with van der Waals surface area (Å²) in [6, 6.07) is 5.08. The normalized spacial score (nSPS) is 11.6. The summed E-state index contributed by atoms with van der Waals surface area (Å²) in [4.78, 5) is 27.4. The van der Waals surface area contributed by atoms with E-state index in [1.54, 1.807) is 0 Å². The van der Waals surface area contributed by atoms with E-state index in [1.807, 2.05) is 0 Å². The molecule has 176 valence electrons. The quantitative estimate of drug-likeness (QED) is 0.171. The third-order valence-electron chi connectivity index (χ3n) is 4.22. The lowest BCUT2D eigenvalue weighted by Gasteiger charge is -2.13. The van der Waals surface area contributed by atoms with Crippen molar-refractivity contribution in [3.8, 4) is 11.6 Å². The Labute approximate surface area is 200 Å². The first-order chi connectivity index (χ1) is 16.0. The first-order valence-corrected chi connectivity index (χ1v) is 12.5. The number of nitrogens with zero attached hydrogens (tertiary/aromatic N) is 6. The largest absolute Gasteiger partial charge is 0.502 e. The van der Waals surface area contributed by atoms with E-state index in [-0.39, 0.29) is 39.1 Å². The molecule has 0 aliphatic carbocycles. The van der Waals surface area contributed by atoms with Crippen LogP contribution in [0, 0.1) is 13.5 Å². The number of pyridine rings is 1. The Morgan fingerprint density at radius 2 is 1.94 bits per heavy atom. The zero-order chi connectivity index (χ0) is 25.0. The minimum absolute atomic E-state index is 0.0322. The second-order valence-corrected chi connectivity index (χ2v) is 10.3. The van der Waals surface area contributed by atoms with Crippen molar-refractivity contribution in [3.63, 3.8) is 0 Å². The van der Waals surface area contributed by atoms with E-state index in [0.717, 1.165) is 27.7 Å². The molecule has 2 heterocycles. The number of benzene rings is 1. The highest BCUT2D eigenvalue weighted by atomic mass is 32.2. The molecule has 0 spiro atoms. The van der Waals surface area contributed by atoms with Gasteiger partial charge in [-0.15, -0.1) is 20.4 Å². The number of carboxylic acids is 1. The molecule has 0 saturated carbocycles. The number of aromatic hydroxyl groups is 1. The van der Waals surface area contributed by atoms with E-state index in [2.05, 4.69) is 25.3 Å². The molecule has 0 aliphatic rings. The first kappa shape index (κ1) is 25.0. The van der Waals surface area contributed by atoms with E-state index in [9.17, 15) is 23.1 Å². The lowest BCUT2D eigenvalue weighted by molar-refractivity contribution is 0.0697. The van der Waals surface area contributed by atoms with E-state index in [1.165, 1.54) is 31.2 Å². The van der Waals surface area contributed by atoms with Crippen LogP contribution in [-0.4, -0.2) is 55.4 Å². The van der Waals surface area contributed by atoms with Crippen LogP contribution in [0.25, 0.3) is 10.5 Å². The second-order valence-electron chi connectivity index (χ2n) is 6.44. The van der Waals surface area contributed by atoms with Gasteiger partial charge in [0.05, 0.1) is 23.6 Å². The molecular weight excluding hydrogens is 508 g/mol. The minimum atomic E-state index is -4.10. The van der Waals surface area contributed by atoms with Crippen molar-refractivity contribution in [2.45, 2.75) is 11.3 Å². The molecule has 0 atom stereocenters. The van der Waals surface area contributed by atoms with Crippen LogP contribution >= 0.6 is 23.1 Å². The van der Waals surface area contributed by atoms with Crippen LogP contribution < -0.4 is 5.56 Å². The Morgan fingerprint density at radius 1 is 1.26 bits per heavy atom. The molecule has 0 aliphatic heterocycles. The van der Waals surface area contributed by atoms with Crippen molar-refractivity contribution in [3.05, 3.63) is 57.2 Å². The van der Waals surface area contributed by atoms with Crippen molar-refractivity contribution in [2.24, 2.45) is 10.2 Å². The van der Waals surface area contributed by atoms with Gasteiger partial charge in [-0.05, 0) is 36.8 Å². The molecule has 0 unspecified atom stereocenters. The minimum Gasteiger partial charge on any atom is -0.502 e. The number of aromatic nitrogens is 3. The van der Waals surface area contributed by atoms with Crippen LogP contribution in [0.2, 0.25) is 0 Å². The monoisotopic (exact) mass is 522 g/mol. The second kappa shape index (κ2) is 10.1. The molecule has 34 heavy (non-hydrogen) atoms. The van der Waals surface area contributed by atoms with Crippen molar-refractivity contribution in [2.75, 3.05) is 11.5 Å². The van der Waals surface area contributed by atoms with E-state index < -0.39 is 33.3 Å². The molecule has 0 bridgehead atoms. The maximum absolute atomic E-state index is 13.1. The third-order valence-corrected chi connectivity index (χ3v) is 7.14. The zero-order valence-electron chi connectivity index (χ0n) is 17.1. The van der Waals surface area contributed by atoms with E-state index >= 15 is 0 Å². The van der Waals surface area contributed by atoms with Crippen molar-refractivity contribution in [1.29, 1.82) is 0 Å². The Bertz CT molecular complexity index is 1490. The predicted molar refractivity (Wildman–Crippen MR) is 123 cm³/mol. The Morgan fingerprint density at radius 3 is 2.53 bits per heavy atom. The highest BCUT2D eigenvalue weighted by Crippen LogP contribution is 2.36. The highest BCUT2D eigenvalue weighted by Gasteiger charge is 2.21. The smallest absolute Gasteiger partial charge is 0.335 e. The number of hydrogen-bond donors (Lipinski definition) is 3. The SMILES string of the molecule is [C-]#[N+]c1c(C)c(N=Nc2nnc(SCCS(=O)(=O)O)s2)c(=O)n(-c2ccc(C(=O)O)cc2)c1O. The lowest BCUT2D eigenvalue weighted by Crippen LogP contribution is -2.19. The highest BCUT2D eigenvalue weighted by molar-refractivity contribution is 8.01. The molecule has 1 aromatic carbocycles. The lowest BCUT2D eigenvalue weighted by atomic mass is 10.1. The van der Waals surface area contributed by atoms with Gasteiger partial charge in [0.2, 0.25) is 5.88 Å². The molecule has 0 radical (unpaired) electrons. The molecule has 0 amide bonds. The predicted octanol–water partition coefficient (Wildman–Crippen LogP) is 3.35. The van der Waals surface area contributed by atoms with Gasteiger partial charge >= 0.3 is 5.97 Å². The molecule has 3 aromatic rings. The third kappa shape index (κ3) is 5.63. The Kier molecular flexibility index (Phi) is 7.41. The maximum Gasteiger partial charge on any atom is 0.335 e. The summed E-state index contributed by atoms with van der Waals surface area (Å²) in [5, 5.41) is 34.9. The number of carbonyl (C=O) groups is 1. The topological polar surface area (TPSA) is 189 Å². The number of azo groups is 1. The zero-order valence-corrected chi connectivity index (χ0v) is 19.6. The van der Waals surface area contributed by atoms with E-state index in [0.29, 0.717) is 4.34 Å². The van der Waals surface area contributed by atoms with Gasteiger partial charge in [0.15, 0.2) is 4.34 Å². The van der Waals surface area contributed by atoms with Crippen molar-refractivity contribution in [1.82, 2.24) is 14.8 Å². The van der Waals surface area contributed by atoms with Gasteiger partial charge in [0.1, 0.15) is 5.69 Å². The van der Waals surface area contributed by atoms with Crippen LogP contribution in [0.5, 0.6) is 5.88 Å². The van der Waals surface area contributed by atoms with Crippen molar-refractivity contribution >= 4 is 55.7 Å². The van der Waals surface area contributed by atoms with Gasteiger partial charge in [0.25, 0.3) is 26.5 Å². The van der Waals surface area contributed by atoms with Crippen LogP contribution in [0.4, 0.5) is 16.5 Å². The maximum atomic E-state index is 13.1. The van der Waals surface area contributed by atoms with Crippen LogP contribution in [0.3, 0.4) is 0 Å². The number of aromatic carboxylic acids is 1. The fraction of sp³-hybridized carbons (Fsp3) is 0.167. The summed E-state index contributed by atoms with van der Waals surface area (Å²) >= 11 is 1.99. The average molecular weight is 523 g/mol. The molecule has 2 aromatic heterocycles. The summed E-state index contributed by atoms with van der Waals surface area (Å²) < 4.78 is 31.5.